The minimum Gasteiger partial charge on any atom is -0.494 e. The summed E-state index contributed by atoms with van der Waals surface area (Å²) in [6, 6.07) is 10.3. The number of benzene rings is 1. The molecule has 0 aliphatic carbocycles. The number of nitrogens with zero attached hydrogens (tertiary/aromatic N) is 2. The first-order valence-corrected chi connectivity index (χ1v) is 9.26. The van der Waals surface area contributed by atoms with E-state index in [4.69, 9.17) is 9.47 Å². The zero-order valence-electron chi connectivity index (χ0n) is 15.0. The zero-order valence-corrected chi connectivity index (χ0v) is 15.0. The highest BCUT2D eigenvalue weighted by Crippen LogP contribution is 2.22. The molecule has 2 atom stereocenters. The number of likely N-dealkylation sites (tertiary alicyclic amines) is 1. The Labute approximate surface area is 150 Å². The molecule has 3 rings (SSSR count). The van der Waals surface area contributed by atoms with E-state index in [9.17, 15) is 4.79 Å². The number of ether oxygens (including phenoxy) is 2. The Morgan fingerprint density at radius 2 is 2.00 bits per heavy atom. The van der Waals surface area contributed by atoms with Crippen LogP contribution in [0.3, 0.4) is 0 Å². The number of nitrogens with one attached hydrogen (secondary N) is 1. The lowest BCUT2D eigenvalue weighted by atomic mass is 10.0. The smallest absolute Gasteiger partial charge is 0.317 e. The number of amides is 2. The predicted octanol–water partition coefficient (Wildman–Crippen LogP) is 1.82. The van der Waals surface area contributed by atoms with Gasteiger partial charge in [0.2, 0.25) is 0 Å². The van der Waals surface area contributed by atoms with Gasteiger partial charge in [0.15, 0.2) is 0 Å². The predicted molar refractivity (Wildman–Crippen MR) is 96.9 cm³/mol. The van der Waals surface area contributed by atoms with Gasteiger partial charge in [0, 0.05) is 38.8 Å². The Kier molecular flexibility index (Phi) is 6.53. The fourth-order valence-electron chi connectivity index (χ4n) is 3.59. The highest BCUT2D eigenvalue weighted by atomic mass is 16.5. The average Bonchev–Trinajstić information content (AvgIpc) is 3.05. The molecule has 0 spiro atoms. The molecule has 0 radical (unpaired) electrons. The van der Waals surface area contributed by atoms with Crippen LogP contribution in [0.15, 0.2) is 30.3 Å². The van der Waals surface area contributed by atoms with Crippen molar-refractivity contribution in [1.82, 2.24) is 15.1 Å². The van der Waals surface area contributed by atoms with Crippen LogP contribution in [0.5, 0.6) is 5.75 Å². The fourth-order valence-corrected chi connectivity index (χ4v) is 3.59. The quantitative estimate of drug-likeness (QED) is 0.798. The van der Waals surface area contributed by atoms with Gasteiger partial charge in [0.1, 0.15) is 5.75 Å². The maximum absolute atomic E-state index is 12.4. The highest BCUT2D eigenvalue weighted by molar-refractivity contribution is 5.74. The van der Waals surface area contributed by atoms with Crippen molar-refractivity contribution in [3.8, 4) is 5.75 Å². The lowest BCUT2D eigenvalue weighted by molar-refractivity contribution is 0.0123. The van der Waals surface area contributed by atoms with Gasteiger partial charge >= 0.3 is 6.03 Å². The molecule has 2 saturated heterocycles. The summed E-state index contributed by atoms with van der Waals surface area (Å²) in [6.45, 7) is 8.68. The number of hydrogen-bond acceptors (Lipinski definition) is 4. The molecular weight excluding hydrogens is 318 g/mol. The third-order valence-corrected chi connectivity index (χ3v) is 4.98. The maximum atomic E-state index is 12.4. The maximum Gasteiger partial charge on any atom is 0.317 e. The third kappa shape index (κ3) is 5.09. The third-order valence-electron chi connectivity index (χ3n) is 4.98. The van der Waals surface area contributed by atoms with E-state index in [0.717, 1.165) is 51.6 Å². The second kappa shape index (κ2) is 9.06. The Hall–Kier alpha value is -1.79. The van der Waals surface area contributed by atoms with Crippen LogP contribution in [-0.4, -0.2) is 74.4 Å². The van der Waals surface area contributed by atoms with Crippen molar-refractivity contribution in [1.29, 1.82) is 0 Å². The first kappa shape index (κ1) is 18.0. The number of rotatable bonds is 6. The number of hydrogen-bond donors (Lipinski definition) is 1. The molecule has 0 bridgehead atoms. The van der Waals surface area contributed by atoms with Gasteiger partial charge in [-0.2, -0.15) is 0 Å². The van der Waals surface area contributed by atoms with E-state index < -0.39 is 0 Å². The molecule has 2 fully saturated rings. The van der Waals surface area contributed by atoms with Crippen LogP contribution in [0, 0.1) is 5.92 Å². The number of carbonyl (C=O) groups is 1. The van der Waals surface area contributed by atoms with Crippen LogP contribution in [0.1, 0.15) is 13.3 Å². The van der Waals surface area contributed by atoms with Crippen molar-refractivity contribution in [2.45, 2.75) is 19.4 Å². The van der Waals surface area contributed by atoms with Crippen LogP contribution in [0.2, 0.25) is 0 Å². The van der Waals surface area contributed by atoms with E-state index in [-0.39, 0.29) is 6.03 Å². The summed E-state index contributed by atoms with van der Waals surface area (Å²) in [5.41, 5.74) is 0. The average molecular weight is 347 g/mol. The minimum atomic E-state index is 0.0438. The summed E-state index contributed by atoms with van der Waals surface area (Å²) in [5, 5.41) is 3.02. The molecule has 25 heavy (non-hydrogen) atoms. The molecule has 1 aromatic carbocycles. The fraction of sp³-hybridized carbons (Fsp3) is 0.632. The van der Waals surface area contributed by atoms with Crippen molar-refractivity contribution in [3.63, 3.8) is 0 Å². The number of para-hydroxylation sites is 1. The lowest BCUT2D eigenvalue weighted by Gasteiger charge is -2.33. The Bertz CT molecular complexity index is 534. The summed E-state index contributed by atoms with van der Waals surface area (Å²) < 4.78 is 11.1. The van der Waals surface area contributed by atoms with Crippen molar-refractivity contribution in [2.75, 3.05) is 52.5 Å². The van der Waals surface area contributed by atoms with Crippen LogP contribution in [0.4, 0.5) is 4.79 Å². The van der Waals surface area contributed by atoms with Crippen molar-refractivity contribution in [3.05, 3.63) is 30.3 Å². The van der Waals surface area contributed by atoms with Crippen LogP contribution >= 0.6 is 0 Å². The Morgan fingerprint density at radius 1 is 1.24 bits per heavy atom. The van der Waals surface area contributed by atoms with Crippen LogP contribution in [-0.2, 0) is 4.74 Å². The molecular formula is C19H29N3O3. The second-order valence-electron chi connectivity index (χ2n) is 6.84. The number of morpholine rings is 1. The van der Waals surface area contributed by atoms with Crippen molar-refractivity contribution in [2.24, 2.45) is 5.92 Å². The van der Waals surface area contributed by atoms with Gasteiger partial charge in [-0.15, -0.1) is 0 Å². The SMILES string of the molecule is CC1CN(C(=O)NCCCOc2ccccc2)CC1N1CCOCC1. The normalized spacial score (nSPS) is 24.3. The molecule has 0 saturated carbocycles. The Balaban J connectivity index is 1.34. The van der Waals surface area contributed by atoms with Gasteiger partial charge in [0.25, 0.3) is 0 Å². The molecule has 2 unspecified atom stereocenters. The van der Waals surface area contributed by atoms with E-state index in [2.05, 4.69) is 17.1 Å². The van der Waals surface area contributed by atoms with Gasteiger partial charge in [0.05, 0.1) is 19.8 Å². The number of carbonyl (C=O) groups excluding carboxylic acids is 1. The van der Waals surface area contributed by atoms with Gasteiger partial charge in [-0.1, -0.05) is 25.1 Å². The molecule has 2 aliphatic rings. The summed E-state index contributed by atoms with van der Waals surface area (Å²) in [5.74, 6) is 1.38. The summed E-state index contributed by atoms with van der Waals surface area (Å²) in [7, 11) is 0. The first-order valence-electron chi connectivity index (χ1n) is 9.26. The topological polar surface area (TPSA) is 54.0 Å². The summed E-state index contributed by atoms with van der Waals surface area (Å²) in [6.07, 6.45) is 0.803. The largest absolute Gasteiger partial charge is 0.494 e. The lowest BCUT2D eigenvalue weighted by Crippen LogP contribution is -2.47. The molecule has 1 N–H and O–H groups in total. The van der Waals surface area contributed by atoms with Crippen LogP contribution in [0.25, 0.3) is 0 Å². The zero-order chi connectivity index (χ0) is 17.5. The van der Waals surface area contributed by atoms with Crippen molar-refractivity contribution >= 4 is 6.03 Å². The summed E-state index contributed by atoms with van der Waals surface area (Å²) in [4.78, 5) is 16.8. The van der Waals surface area contributed by atoms with Gasteiger partial charge in [-0.3, -0.25) is 4.90 Å². The van der Waals surface area contributed by atoms with E-state index >= 15 is 0 Å². The number of urea groups is 1. The molecule has 6 nitrogen and oxygen atoms in total. The molecule has 2 amide bonds. The summed E-state index contributed by atoms with van der Waals surface area (Å²) >= 11 is 0. The van der Waals surface area contributed by atoms with E-state index in [1.54, 1.807) is 0 Å². The second-order valence-corrected chi connectivity index (χ2v) is 6.84. The van der Waals surface area contributed by atoms with Gasteiger partial charge in [-0.25, -0.2) is 4.79 Å². The monoisotopic (exact) mass is 347 g/mol. The van der Waals surface area contributed by atoms with Crippen molar-refractivity contribution < 1.29 is 14.3 Å². The van der Waals surface area contributed by atoms with E-state index in [1.807, 2.05) is 35.2 Å². The standard InChI is InChI=1S/C19H29N3O3/c1-16-14-22(15-18(16)21-9-12-24-13-10-21)19(23)20-8-5-11-25-17-6-3-2-4-7-17/h2-4,6-7,16,18H,5,8-15H2,1H3,(H,20,23). The van der Waals surface area contributed by atoms with E-state index in [1.165, 1.54) is 0 Å². The molecule has 0 aromatic heterocycles. The molecule has 1 aromatic rings. The molecule has 6 heteroatoms. The van der Waals surface area contributed by atoms with Crippen LogP contribution < -0.4 is 10.1 Å². The molecule has 2 heterocycles. The molecule has 138 valence electrons. The van der Waals surface area contributed by atoms with Gasteiger partial charge < -0.3 is 19.7 Å². The van der Waals surface area contributed by atoms with Gasteiger partial charge in [-0.05, 0) is 24.5 Å². The Morgan fingerprint density at radius 3 is 2.76 bits per heavy atom. The molecule has 2 aliphatic heterocycles. The van der Waals surface area contributed by atoms with E-state index in [0.29, 0.717) is 25.1 Å². The first-order chi connectivity index (χ1) is 12.2. The minimum absolute atomic E-state index is 0.0438. The highest BCUT2D eigenvalue weighted by Gasteiger charge is 2.36.